The van der Waals surface area contributed by atoms with Crippen molar-refractivity contribution in [2.75, 3.05) is 27.3 Å². The van der Waals surface area contributed by atoms with Gasteiger partial charge in [0, 0.05) is 37.0 Å². The molecular formula is C22H26N2O4. The number of carbonyl (C=O) groups is 2. The van der Waals surface area contributed by atoms with Crippen LogP contribution in [0.1, 0.15) is 40.5 Å². The Labute approximate surface area is 165 Å². The predicted octanol–water partition coefficient (Wildman–Crippen LogP) is 3.47. The van der Waals surface area contributed by atoms with Crippen molar-refractivity contribution in [2.45, 2.75) is 25.8 Å². The Morgan fingerprint density at radius 1 is 1.14 bits per heavy atom. The zero-order valence-electron chi connectivity index (χ0n) is 16.6. The second kappa shape index (κ2) is 8.78. The van der Waals surface area contributed by atoms with Gasteiger partial charge in [-0.05, 0) is 50.1 Å². The lowest BCUT2D eigenvalue weighted by molar-refractivity contribution is -0.127. The van der Waals surface area contributed by atoms with Gasteiger partial charge in [0.25, 0.3) is 0 Å². The van der Waals surface area contributed by atoms with E-state index in [2.05, 4.69) is 0 Å². The smallest absolute Gasteiger partial charge is 0.354 e. The van der Waals surface area contributed by atoms with Gasteiger partial charge < -0.3 is 18.9 Å². The largest absolute Gasteiger partial charge is 0.496 e. The summed E-state index contributed by atoms with van der Waals surface area (Å²) in [5, 5.41) is 0. The van der Waals surface area contributed by atoms with E-state index in [1.54, 1.807) is 19.3 Å². The molecule has 3 rings (SSSR count). The van der Waals surface area contributed by atoms with Gasteiger partial charge >= 0.3 is 5.97 Å². The quantitative estimate of drug-likeness (QED) is 0.587. The lowest BCUT2D eigenvalue weighted by atomic mass is 10.0. The maximum absolute atomic E-state index is 12.6. The van der Waals surface area contributed by atoms with E-state index in [1.807, 2.05) is 52.9 Å². The Balaban J connectivity index is 1.62. The topological polar surface area (TPSA) is 60.8 Å². The van der Waals surface area contributed by atoms with Crippen molar-refractivity contribution in [3.05, 3.63) is 59.4 Å². The fraction of sp³-hybridized carbons (Fsp3) is 0.364. The molecule has 0 aliphatic carbocycles. The standard InChI is InChI=1S/C22H26N2O4/c1-16-6-8-20(27-2)17(15-16)7-9-21(25)23-13-10-18(11-14-23)24-12-4-5-19(24)22(26)28-3/h4-9,12,15,18H,10-11,13-14H2,1-3H3/b9-7+. The van der Waals surface area contributed by atoms with Crippen molar-refractivity contribution in [1.29, 1.82) is 0 Å². The number of amides is 1. The maximum Gasteiger partial charge on any atom is 0.354 e. The molecule has 0 bridgehead atoms. The van der Waals surface area contributed by atoms with Crippen molar-refractivity contribution in [3.63, 3.8) is 0 Å². The third-order valence-electron chi connectivity index (χ3n) is 5.13. The van der Waals surface area contributed by atoms with E-state index in [-0.39, 0.29) is 17.9 Å². The van der Waals surface area contributed by atoms with Gasteiger partial charge in [0.2, 0.25) is 5.91 Å². The van der Waals surface area contributed by atoms with Crippen LogP contribution in [-0.2, 0) is 9.53 Å². The molecule has 0 N–H and O–H groups in total. The molecule has 0 saturated carbocycles. The van der Waals surface area contributed by atoms with Gasteiger partial charge in [-0.3, -0.25) is 4.79 Å². The summed E-state index contributed by atoms with van der Waals surface area (Å²) in [6, 6.07) is 9.68. The molecule has 0 atom stereocenters. The minimum absolute atomic E-state index is 0.0114. The van der Waals surface area contributed by atoms with Crippen LogP contribution in [0.4, 0.5) is 0 Å². The molecule has 1 saturated heterocycles. The molecule has 148 valence electrons. The summed E-state index contributed by atoms with van der Waals surface area (Å²) < 4.78 is 12.2. The van der Waals surface area contributed by atoms with E-state index >= 15 is 0 Å². The van der Waals surface area contributed by atoms with E-state index < -0.39 is 0 Å². The predicted molar refractivity (Wildman–Crippen MR) is 107 cm³/mol. The number of benzene rings is 1. The number of ether oxygens (including phenoxy) is 2. The van der Waals surface area contributed by atoms with E-state index in [0.717, 1.165) is 29.7 Å². The zero-order chi connectivity index (χ0) is 20.1. The Kier molecular flexibility index (Phi) is 6.19. The minimum atomic E-state index is -0.335. The lowest BCUT2D eigenvalue weighted by Gasteiger charge is -2.32. The fourth-order valence-corrected chi connectivity index (χ4v) is 3.60. The fourth-order valence-electron chi connectivity index (χ4n) is 3.60. The van der Waals surface area contributed by atoms with Crippen molar-refractivity contribution in [1.82, 2.24) is 9.47 Å². The highest BCUT2D eigenvalue weighted by atomic mass is 16.5. The molecule has 28 heavy (non-hydrogen) atoms. The molecule has 6 nitrogen and oxygen atoms in total. The van der Waals surface area contributed by atoms with Gasteiger partial charge in [-0.2, -0.15) is 0 Å². The number of methoxy groups -OCH3 is 2. The van der Waals surface area contributed by atoms with Gasteiger partial charge in [0.05, 0.1) is 14.2 Å². The van der Waals surface area contributed by atoms with Crippen LogP contribution in [0.3, 0.4) is 0 Å². The first-order chi connectivity index (χ1) is 13.5. The molecule has 2 heterocycles. The number of aromatic nitrogens is 1. The molecule has 1 aliphatic heterocycles. The Morgan fingerprint density at radius 2 is 1.89 bits per heavy atom. The molecule has 1 aliphatic rings. The summed E-state index contributed by atoms with van der Waals surface area (Å²) in [6.07, 6.45) is 6.91. The first kappa shape index (κ1) is 19.7. The van der Waals surface area contributed by atoms with Crippen LogP contribution in [0.15, 0.2) is 42.6 Å². The van der Waals surface area contributed by atoms with Gasteiger partial charge in [0.15, 0.2) is 0 Å². The minimum Gasteiger partial charge on any atom is -0.496 e. The molecular weight excluding hydrogens is 356 g/mol. The molecule has 0 radical (unpaired) electrons. The van der Waals surface area contributed by atoms with E-state index in [0.29, 0.717) is 18.8 Å². The number of carbonyl (C=O) groups excluding carboxylic acids is 2. The second-order valence-corrected chi connectivity index (χ2v) is 6.93. The highest BCUT2D eigenvalue weighted by Crippen LogP contribution is 2.26. The van der Waals surface area contributed by atoms with Crippen LogP contribution in [0, 0.1) is 6.92 Å². The number of aryl methyl sites for hydroxylation is 1. The van der Waals surface area contributed by atoms with Gasteiger partial charge in [-0.15, -0.1) is 0 Å². The van der Waals surface area contributed by atoms with Crippen LogP contribution in [0.25, 0.3) is 6.08 Å². The Hall–Kier alpha value is -3.02. The number of hydrogen-bond donors (Lipinski definition) is 0. The van der Waals surface area contributed by atoms with Gasteiger partial charge in [0.1, 0.15) is 11.4 Å². The molecule has 1 aromatic heterocycles. The molecule has 1 amide bonds. The molecule has 0 spiro atoms. The summed E-state index contributed by atoms with van der Waals surface area (Å²) in [6.45, 7) is 3.31. The average molecular weight is 382 g/mol. The third kappa shape index (κ3) is 4.27. The van der Waals surface area contributed by atoms with E-state index in [9.17, 15) is 9.59 Å². The Morgan fingerprint density at radius 3 is 2.57 bits per heavy atom. The first-order valence-electron chi connectivity index (χ1n) is 9.40. The van der Waals surface area contributed by atoms with Crippen LogP contribution < -0.4 is 4.74 Å². The van der Waals surface area contributed by atoms with Gasteiger partial charge in [-0.25, -0.2) is 4.79 Å². The number of nitrogens with zero attached hydrogens (tertiary/aromatic N) is 2. The third-order valence-corrected chi connectivity index (χ3v) is 5.13. The maximum atomic E-state index is 12.6. The van der Waals surface area contributed by atoms with Crippen molar-refractivity contribution < 1.29 is 19.1 Å². The number of piperidine rings is 1. The molecule has 6 heteroatoms. The number of esters is 1. The van der Waals surface area contributed by atoms with Crippen LogP contribution in [-0.4, -0.2) is 48.7 Å². The normalized spacial score (nSPS) is 15.0. The summed E-state index contributed by atoms with van der Waals surface area (Å²) in [5.41, 5.74) is 2.56. The highest BCUT2D eigenvalue weighted by molar-refractivity contribution is 5.92. The van der Waals surface area contributed by atoms with Crippen LogP contribution >= 0.6 is 0 Å². The van der Waals surface area contributed by atoms with Crippen molar-refractivity contribution >= 4 is 18.0 Å². The molecule has 1 fully saturated rings. The van der Waals surface area contributed by atoms with Crippen molar-refractivity contribution in [3.8, 4) is 5.75 Å². The van der Waals surface area contributed by atoms with E-state index in [1.165, 1.54) is 7.11 Å². The zero-order valence-corrected chi connectivity index (χ0v) is 16.6. The summed E-state index contributed by atoms with van der Waals surface area (Å²) >= 11 is 0. The summed E-state index contributed by atoms with van der Waals surface area (Å²) in [5.74, 6) is 0.401. The molecule has 0 unspecified atom stereocenters. The van der Waals surface area contributed by atoms with Crippen molar-refractivity contribution in [2.24, 2.45) is 0 Å². The lowest BCUT2D eigenvalue weighted by Crippen LogP contribution is -2.38. The average Bonchev–Trinajstić information content (AvgIpc) is 3.21. The number of rotatable bonds is 5. The molecule has 2 aromatic rings. The Bertz CT molecular complexity index is 876. The van der Waals surface area contributed by atoms with Crippen LogP contribution in [0.2, 0.25) is 0 Å². The van der Waals surface area contributed by atoms with E-state index in [4.69, 9.17) is 9.47 Å². The monoisotopic (exact) mass is 382 g/mol. The number of likely N-dealkylation sites (tertiary alicyclic amines) is 1. The first-order valence-corrected chi connectivity index (χ1v) is 9.40. The molecule has 1 aromatic carbocycles. The summed E-state index contributed by atoms with van der Waals surface area (Å²) in [7, 11) is 3.01. The highest BCUT2D eigenvalue weighted by Gasteiger charge is 2.25. The van der Waals surface area contributed by atoms with Gasteiger partial charge in [-0.1, -0.05) is 11.6 Å². The number of hydrogen-bond acceptors (Lipinski definition) is 4. The second-order valence-electron chi connectivity index (χ2n) is 6.93. The summed E-state index contributed by atoms with van der Waals surface area (Å²) in [4.78, 5) is 26.3. The van der Waals surface area contributed by atoms with Crippen LogP contribution in [0.5, 0.6) is 5.75 Å². The SMILES string of the molecule is COC(=O)c1cccn1C1CCN(C(=O)/C=C/c2cc(C)ccc2OC)CC1.